The van der Waals surface area contributed by atoms with Gasteiger partial charge in [-0.05, 0) is 11.6 Å². The molecule has 0 saturated carbocycles. The van der Waals surface area contributed by atoms with Crippen molar-refractivity contribution < 1.29 is 18.4 Å². The minimum absolute atomic E-state index is 0.236. The van der Waals surface area contributed by atoms with Gasteiger partial charge in [-0.25, -0.2) is 0 Å². The second-order valence-electron chi connectivity index (χ2n) is 3.96. The zero-order chi connectivity index (χ0) is 13.3. The van der Waals surface area contributed by atoms with Crippen LogP contribution in [0.15, 0.2) is 24.3 Å². The van der Waals surface area contributed by atoms with Gasteiger partial charge >= 0.3 is 6.43 Å². The van der Waals surface area contributed by atoms with Gasteiger partial charge in [0.1, 0.15) is 6.04 Å². The van der Waals surface area contributed by atoms with E-state index in [-0.39, 0.29) is 12.3 Å². The Bertz CT molecular complexity index is 493. The predicted molar refractivity (Wildman–Crippen MR) is 63.2 cm³/mol. The van der Waals surface area contributed by atoms with Crippen LogP contribution >= 0.6 is 11.6 Å². The molecule has 0 aliphatic carbocycles. The van der Waals surface area contributed by atoms with E-state index in [1.165, 1.54) is 0 Å². The Morgan fingerprint density at radius 3 is 2.67 bits per heavy atom. The number of rotatable bonds is 3. The summed E-state index contributed by atoms with van der Waals surface area (Å²) in [7, 11) is 0. The van der Waals surface area contributed by atoms with E-state index in [1.54, 1.807) is 24.3 Å². The molecule has 6 heteroatoms. The lowest BCUT2D eigenvalue weighted by molar-refractivity contribution is -0.131. The summed E-state index contributed by atoms with van der Waals surface area (Å²) in [5.41, 5.74) is 1.07. The van der Waals surface area contributed by atoms with Crippen LogP contribution in [-0.4, -0.2) is 30.0 Å². The molecule has 0 saturated heterocycles. The van der Waals surface area contributed by atoms with Crippen LogP contribution in [0.5, 0.6) is 0 Å². The van der Waals surface area contributed by atoms with Crippen LogP contribution in [0.3, 0.4) is 0 Å². The molecule has 0 fully saturated rings. The molecule has 1 aromatic rings. The minimum atomic E-state index is -3.14. The molecule has 18 heavy (non-hydrogen) atoms. The number of anilines is 1. The first-order chi connectivity index (χ1) is 8.56. The zero-order valence-corrected chi connectivity index (χ0v) is 10.0. The number of benzene rings is 1. The maximum absolute atomic E-state index is 12.6. The number of carbonyl (C=O) groups is 2. The van der Waals surface area contributed by atoms with E-state index in [0.29, 0.717) is 11.3 Å². The van der Waals surface area contributed by atoms with E-state index in [0.717, 1.165) is 4.90 Å². The first kappa shape index (κ1) is 13.0. The van der Waals surface area contributed by atoms with Gasteiger partial charge in [0.15, 0.2) is 5.78 Å². The molecule has 1 aromatic carbocycles. The van der Waals surface area contributed by atoms with Crippen LogP contribution in [0.2, 0.25) is 0 Å². The minimum Gasteiger partial charge on any atom is -0.296 e. The number of alkyl halides is 3. The Hall–Kier alpha value is -1.49. The molecule has 1 amide bonds. The Morgan fingerprint density at radius 2 is 2.06 bits per heavy atom. The van der Waals surface area contributed by atoms with Crippen LogP contribution in [0.1, 0.15) is 5.56 Å². The highest BCUT2D eigenvalue weighted by Gasteiger charge is 2.40. The fourth-order valence-electron chi connectivity index (χ4n) is 2.11. The third-order valence-electron chi connectivity index (χ3n) is 2.90. The Kier molecular flexibility index (Phi) is 3.61. The molecular weight excluding hydrogens is 264 g/mol. The number of amides is 1. The van der Waals surface area contributed by atoms with Crippen LogP contribution < -0.4 is 4.90 Å². The summed E-state index contributed by atoms with van der Waals surface area (Å²) in [5, 5.41) is 0. The molecule has 1 atom stereocenters. The van der Waals surface area contributed by atoms with E-state index >= 15 is 0 Å². The quantitative estimate of drug-likeness (QED) is 0.790. The normalized spacial score (nSPS) is 18.0. The summed E-state index contributed by atoms with van der Waals surface area (Å²) in [6.07, 6.45) is -2.90. The third kappa shape index (κ3) is 2.10. The first-order valence-electron chi connectivity index (χ1n) is 5.34. The zero-order valence-electron chi connectivity index (χ0n) is 9.28. The van der Waals surface area contributed by atoms with Crippen molar-refractivity contribution in [2.75, 3.05) is 10.8 Å². The van der Waals surface area contributed by atoms with Gasteiger partial charge in [0.25, 0.3) is 5.91 Å². The van der Waals surface area contributed by atoms with Gasteiger partial charge in [0.2, 0.25) is 0 Å². The number of Topliss-reactive ketones (excluding diaryl/α,β-unsaturated/α-hetero) is 1. The number of nitrogens with zero attached hydrogens (tertiary/aromatic N) is 1. The standard InChI is InChI=1S/C12H10ClF2NO2/c13-6-10(17)9-5-7-3-1-2-4-8(7)16(9)12(18)11(14)15/h1-4,9,11H,5-6H2. The highest BCUT2D eigenvalue weighted by molar-refractivity contribution is 6.29. The summed E-state index contributed by atoms with van der Waals surface area (Å²) < 4.78 is 25.2. The van der Waals surface area contributed by atoms with Crippen molar-refractivity contribution in [3.63, 3.8) is 0 Å². The number of fused-ring (bicyclic) bond motifs is 1. The van der Waals surface area contributed by atoms with E-state index in [1.807, 2.05) is 0 Å². The van der Waals surface area contributed by atoms with Gasteiger partial charge in [0, 0.05) is 12.1 Å². The molecule has 0 bridgehead atoms. The summed E-state index contributed by atoms with van der Waals surface area (Å²) >= 11 is 5.45. The van der Waals surface area contributed by atoms with E-state index < -0.39 is 24.2 Å². The van der Waals surface area contributed by atoms with Crippen molar-refractivity contribution in [1.29, 1.82) is 0 Å². The van der Waals surface area contributed by atoms with Crippen molar-refractivity contribution >= 4 is 29.0 Å². The summed E-state index contributed by atoms with van der Waals surface area (Å²) in [6, 6.07) is 5.72. The van der Waals surface area contributed by atoms with Gasteiger partial charge in [-0.3, -0.25) is 14.5 Å². The highest BCUT2D eigenvalue weighted by atomic mass is 35.5. The van der Waals surface area contributed by atoms with Gasteiger partial charge in [-0.2, -0.15) is 8.78 Å². The van der Waals surface area contributed by atoms with E-state index in [2.05, 4.69) is 0 Å². The molecule has 2 rings (SSSR count). The Balaban J connectivity index is 2.42. The fraction of sp³-hybridized carbons (Fsp3) is 0.333. The van der Waals surface area contributed by atoms with Gasteiger partial charge < -0.3 is 0 Å². The van der Waals surface area contributed by atoms with E-state index in [9.17, 15) is 18.4 Å². The van der Waals surface area contributed by atoms with Crippen molar-refractivity contribution in [3.05, 3.63) is 29.8 Å². The Labute approximate surface area is 107 Å². The van der Waals surface area contributed by atoms with Crippen molar-refractivity contribution in [2.45, 2.75) is 18.9 Å². The van der Waals surface area contributed by atoms with Crippen molar-refractivity contribution in [2.24, 2.45) is 0 Å². The van der Waals surface area contributed by atoms with E-state index in [4.69, 9.17) is 11.6 Å². The number of hydrogen-bond acceptors (Lipinski definition) is 2. The van der Waals surface area contributed by atoms with Crippen molar-refractivity contribution in [3.8, 4) is 0 Å². The molecule has 96 valence electrons. The molecule has 0 radical (unpaired) electrons. The maximum Gasteiger partial charge on any atom is 0.316 e. The average Bonchev–Trinajstić information content (AvgIpc) is 2.75. The number of ketones is 1. The topological polar surface area (TPSA) is 37.4 Å². The SMILES string of the molecule is O=C(CCl)C1Cc2ccccc2N1C(=O)C(F)F. The molecule has 1 aliphatic heterocycles. The summed E-state index contributed by atoms with van der Waals surface area (Å²) in [5.74, 6) is -2.09. The largest absolute Gasteiger partial charge is 0.316 e. The Morgan fingerprint density at radius 1 is 1.39 bits per heavy atom. The molecule has 0 spiro atoms. The van der Waals surface area contributed by atoms with Gasteiger partial charge in [0.05, 0.1) is 5.88 Å². The molecule has 0 aromatic heterocycles. The number of carbonyl (C=O) groups excluding carboxylic acids is 2. The van der Waals surface area contributed by atoms with Crippen LogP contribution in [0, 0.1) is 0 Å². The summed E-state index contributed by atoms with van der Waals surface area (Å²) in [4.78, 5) is 24.0. The number of hydrogen-bond donors (Lipinski definition) is 0. The fourth-order valence-corrected chi connectivity index (χ4v) is 2.29. The van der Waals surface area contributed by atoms with Crippen LogP contribution in [-0.2, 0) is 16.0 Å². The highest BCUT2D eigenvalue weighted by Crippen LogP contribution is 2.33. The molecule has 3 nitrogen and oxygen atoms in total. The predicted octanol–water partition coefficient (Wildman–Crippen LogP) is 2.02. The monoisotopic (exact) mass is 273 g/mol. The number of para-hydroxylation sites is 1. The molecule has 1 unspecified atom stereocenters. The maximum atomic E-state index is 12.6. The average molecular weight is 274 g/mol. The molecule has 1 heterocycles. The lowest BCUT2D eigenvalue weighted by Crippen LogP contribution is -2.46. The third-order valence-corrected chi connectivity index (χ3v) is 3.17. The lowest BCUT2D eigenvalue weighted by atomic mass is 10.1. The lowest BCUT2D eigenvalue weighted by Gasteiger charge is -2.23. The smallest absolute Gasteiger partial charge is 0.296 e. The second kappa shape index (κ2) is 5.02. The summed E-state index contributed by atoms with van der Waals surface area (Å²) in [6.45, 7) is 0. The second-order valence-corrected chi connectivity index (χ2v) is 4.22. The molecule has 1 aliphatic rings. The molecule has 0 N–H and O–H groups in total. The molecular formula is C12H10ClF2NO2. The van der Waals surface area contributed by atoms with Crippen LogP contribution in [0.4, 0.5) is 14.5 Å². The van der Waals surface area contributed by atoms with Gasteiger partial charge in [-0.15, -0.1) is 11.6 Å². The van der Waals surface area contributed by atoms with Crippen molar-refractivity contribution in [1.82, 2.24) is 0 Å². The van der Waals surface area contributed by atoms with Crippen LogP contribution in [0.25, 0.3) is 0 Å². The number of halogens is 3. The van der Waals surface area contributed by atoms with Gasteiger partial charge in [-0.1, -0.05) is 18.2 Å². The first-order valence-corrected chi connectivity index (χ1v) is 5.87.